The number of fused-ring (bicyclic) bond motifs is 1. The van der Waals surface area contributed by atoms with Gasteiger partial charge in [-0.2, -0.15) is 10.4 Å². The highest BCUT2D eigenvalue weighted by molar-refractivity contribution is 9.10. The van der Waals surface area contributed by atoms with Crippen LogP contribution >= 0.6 is 15.9 Å². The number of nitrogens with one attached hydrogen (secondary N) is 2. The molecule has 9 heteroatoms. The molecule has 1 heterocycles. The van der Waals surface area contributed by atoms with Crippen molar-refractivity contribution in [1.29, 1.82) is 5.26 Å². The van der Waals surface area contributed by atoms with Gasteiger partial charge >= 0.3 is 0 Å². The Hall–Kier alpha value is -4.03. The van der Waals surface area contributed by atoms with Gasteiger partial charge in [0.15, 0.2) is 11.5 Å². The molecule has 1 amide bonds. The van der Waals surface area contributed by atoms with Crippen LogP contribution in [-0.2, 0) is 11.4 Å². The highest BCUT2D eigenvalue weighted by Gasteiger charge is 2.13. The molecule has 0 saturated heterocycles. The topological polar surface area (TPSA) is 105 Å². The normalized spacial score (nSPS) is 11.8. The number of carbonyl (C=O) groups is 1. The van der Waals surface area contributed by atoms with Gasteiger partial charge in [-0.25, -0.2) is 5.43 Å². The summed E-state index contributed by atoms with van der Waals surface area (Å²) in [6, 6.07) is 20.3. The molecular formula is C24H19BrN4O4. The Morgan fingerprint density at radius 2 is 2.00 bits per heavy atom. The molecule has 0 bridgehead atoms. The highest BCUT2D eigenvalue weighted by atomic mass is 79.9. The summed E-state index contributed by atoms with van der Waals surface area (Å²) in [5, 5.41) is 16.2. The third-order valence-electron chi connectivity index (χ3n) is 4.71. The lowest BCUT2D eigenvalue weighted by Gasteiger charge is -2.10. The standard InChI is InChI=1S/C24H19BrN4O4/c25-20-9-16(5-7-21(20)31-14-18-4-2-1-3-17(18)11-26)12-28-29-24(30)13-27-19-6-8-22-23(10-19)33-15-32-22/h1-10,12,27H,13-15H2,(H,29,30)/b28-12-. The molecule has 0 aliphatic carbocycles. The van der Waals surface area contributed by atoms with Crippen molar-refractivity contribution in [2.75, 3.05) is 18.7 Å². The lowest BCUT2D eigenvalue weighted by atomic mass is 10.1. The van der Waals surface area contributed by atoms with Crippen LogP contribution in [0.25, 0.3) is 0 Å². The Labute approximate surface area is 198 Å². The number of hydrazone groups is 1. The SMILES string of the molecule is N#Cc1ccccc1COc1ccc(/C=N\NC(=O)CNc2ccc3c(c2)OCO3)cc1Br. The molecule has 33 heavy (non-hydrogen) atoms. The second-order valence-corrected chi connectivity index (χ2v) is 7.82. The van der Waals surface area contributed by atoms with Gasteiger partial charge in [0.25, 0.3) is 5.91 Å². The number of hydrogen-bond donors (Lipinski definition) is 2. The minimum absolute atomic E-state index is 0.0532. The van der Waals surface area contributed by atoms with Crippen molar-refractivity contribution in [3.05, 3.63) is 81.8 Å². The molecule has 1 aliphatic rings. The second-order valence-electron chi connectivity index (χ2n) is 6.96. The average Bonchev–Trinajstić information content (AvgIpc) is 3.30. The van der Waals surface area contributed by atoms with E-state index in [4.69, 9.17) is 14.2 Å². The van der Waals surface area contributed by atoms with Crippen molar-refractivity contribution < 1.29 is 19.0 Å². The lowest BCUT2D eigenvalue weighted by Crippen LogP contribution is -2.25. The first-order valence-electron chi connectivity index (χ1n) is 9.98. The molecular weight excluding hydrogens is 488 g/mol. The van der Waals surface area contributed by atoms with Gasteiger partial charge in [0.05, 0.1) is 28.9 Å². The van der Waals surface area contributed by atoms with Gasteiger partial charge in [-0.3, -0.25) is 4.79 Å². The monoisotopic (exact) mass is 506 g/mol. The highest BCUT2D eigenvalue weighted by Crippen LogP contribution is 2.34. The number of anilines is 1. The summed E-state index contributed by atoms with van der Waals surface area (Å²) >= 11 is 3.48. The van der Waals surface area contributed by atoms with Crippen LogP contribution < -0.4 is 25.0 Å². The number of ether oxygens (including phenoxy) is 3. The molecule has 0 atom stereocenters. The maximum absolute atomic E-state index is 12.0. The average molecular weight is 507 g/mol. The van der Waals surface area contributed by atoms with Crippen molar-refractivity contribution in [3.8, 4) is 23.3 Å². The van der Waals surface area contributed by atoms with Gasteiger partial charge in [-0.15, -0.1) is 0 Å². The molecule has 2 N–H and O–H groups in total. The van der Waals surface area contributed by atoms with Crippen LogP contribution in [0.3, 0.4) is 0 Å². The second kappa shape index (κ2) is 10.5. The summed E-state index contributed by atoms with van der Waals surface area (Å²) in [6.07, 6.45) is 1.54. The van der Waals surface area contributed by atoms with E-state index in [-0.39, 0.29) is 25.9 Å². The summed E-state index contributed by atoms with van der Waals surface area (Å²) in [7, 11) is 0. The number of benzene rings is 3. The van der Waals surface area contributed by atoms with E-state index in [1.54, 1.807) is 24.3 Å². The van der Waals surface area contributed by atoms with Crippen LogP contribution in [0.4, 0.5) is 5.69 Å². The fraction of sp³-hybridized carbons (Fsp3) is 0.125. The van der Waals surface area contributed by atoms with E-state index in [0.29, 0.717) is 22.8 Å². The molecule has 166 valence electrons. The Kier molecular flexibility index (Phi) is 7.07. The summed E-state index contributed by atoms with van der Waals surface area (Å²) in [4.78, 5) is 12.0. The largest absolute Gasteiger partial charge is 0.488 e. The van der Waals surface area contributed by atoms with Crippen LogP contribution in [-0.4, -0.2) is 25.5 Å². The minimum Gasteiger partial charge on any atom is -0.488 e. The van der Waals surface area contributed by atoms with E-state index in [2.05, 4.69) is 37.8 Å². The van der Waals surface area contributed by atoms with Crippen LogP contribution in [0.1, 0.15) is 16.7 Å². The molecule has 0 spiro atoms. The fourth-order valence-electron chi connectivity index (χ4n) is 3.03. The zero-order valence-electron chi connectivity index (χ0n) is 17.4. The van der Waals surface area contributed by atoms with E-state index in [1.807, 2.05) is 36.4 Å². The van der Waals surface area contributed by atoms with Gasteiger partial charge in [0, 0.05) is 17.3 Å². The number of nitrogens with zero attached hydrogens (tertiary/aromatic N) is 2. The summed E-state index contributed by atoms with van der Waals surface area (Å²) < 4.78 is 17.1. The van der Waals surface area contributed by atoms with Crippen molar-refractivity contribution >= 4 is 33.7 Å². The number of nitriles is 1. The van der Waals surface area contributed by atoms with Crippen molar-refractivity contribution in [1.82, 2.24) is 5.43 Å². The molecule has 4 rings (SSSR count). The predicted octanol–water partition coefficient (Wildman–Crippen LogP) is 4.19. The van der Waals surface area contributed by atoms with E-state index >= 15 is 0 Å². The number of halogens is 1. The molecule has 0 fully saturated rings. The van der Waals surface area contributed by atoms with Crippen molar-refractivity contribution in [3.63, 3.8) is 0 Å². The van der Waals surface area contributed by atoms with Gasteiger partial charge in [-0.05, 0) is 57.9 Å². The molecule has 0 saturated carbocycles. The maximum atomic E-state index is 12.0. The molecule has 8 nitrogen and oxygen atoms in total. The zero-order chi connectivity index (χ0) is 23.0. The molecule has 0 radical (unpaired) electrons. The van der Waals surface area contributed by atoms with E-state index in [0.717, 1.165) is 21.3 Å². The Bertz CT molecular complexity index is 1240. The van der Waals surface area contributed by atoms with Gasteiger partial charge in [-0.1, -0.05) is 18.2 Å². The first kappa shape index (κ1) is 22.2. The van der Waals surface area contributed by atoms with Crippen LogP contribution in [0.2, 0.25) is 0 Å². The Morgan fingerprint density at radius 1 is 1.15 bits per heavy atom. The fourth-order valence-corrected chi connectivity index (χ4v) is 3.54. The summed E-state index contributed by atoms with van der Waals surface area (Å²) in [6.45, 7) is 0.534. The van der Waals surface area contributed by atoms with Crippen LogP contribution in [0.5, 0.6) is 17.2 Å². The Morgan fingerprint density at radius 3 is 2.85 bits per heavy atom. The smallest absolute Gasteiger partial charge is 0.259 e. The number of carbonyl (C=O) groups excluding carboxylic acids is 1. The van der Waals surface area contributed by atoms with Gasteiger partial charge in [0.2, 0.25) is 6.79 Å². The number of hydrogen-bond acceptors (Lipinski definition) is 7. The Balaban J connectivity index is 1.26. The van der Waals surface area contributed by atoms with Gasteiger partial charge in [0.1, 0.15) is 12.4 Å². The van der Waals surface area contributed by atoms with Gasteiger partial charge < -0.3 is 19.5 Å². The first-order chi connectivity index (χ1) is 16.1. The third kappa shape index (κ3) is 5.81. The summed E-state index contributed by atoms with van der Waals surface area (Å²) in [5.41, 5.74) is 5.40. The first-order valence-corrected chi connectivity index (χ1v) is 10.8. The van der Waals surface area contributed by atoms with Crippen LogP contribution in [0.15, 0.2) is 70.2 Å². The van der Waals surface area contributed by atoms with E-state index < -0.39 is 0 Å². The third-order valence-corrected chi connectivity index (χ3v) is 5.33. The van der Waals surface area contributed by atoms with Crippen molar-refractivity contribution in [2.24, 2.45) is 5.10 Å². The van der Waals surface area contributed by atoms with E-state index in [1.165, 1.54) is 6.21 Å². The molecule has 0 aromatic heterocycles. The molecule has 0 unspecified atom stereocenters. The summed E-state index contributed by atoms with van der Waals surface area (Å²) in [5.74, 6) is 1.67. The predicted molar refractivity (Wildman–Crippen MR) is 126 cm³/mol. The van der Waals surface area contributed by atoms with Crippen molar-refractivity contribution in [2.45, 2.75) is 6.61 Å². The van der Waals surface area contributed by atoms with E-state index in [9.17, 15) is 10.1 Å². The zero-order valence-corrected chi connectivity index (χ0v) is 19.0. The maximum Gasteiger partial charge on any atom is 0.259 e. The molecule has 3 aromatic carbocycles. The number of rotatable bonds is 8. The molecule has 1 aliphatic heterocycles. The number of amides is 1. The van der Waals surface area contributed by atoms with Crippen LogP contribution in [0, 0.1) is 11.3 Å². The minimum atomic E-state index is -0.293. The molecule has 3 aromatic rings. The lowest BCUT2D eigenvalue weighted by molar-refractivity contribution is -0.119. The quantitative estimate of drug-likeness (QED) is 0.350.